The molecule has 3 fully saturated rings. The Hall–Kier alpha value is -2.93. The normalized spacial score (nSPS) is 24.9. The number of nitrogens with one attached hydrogen (secondary N) is 1. The molecule has 0 spiro atoms. The molecule has 3 aliphatic rings. The van der Waals surface area contributed by atoms with Gasteiger partial charge >= 0.3 is 0 Å². The molecule has 0 radical (unpaired) electrons. The third kappa shape index (κ3) is 4.31. The summed E-state index contributed by atoms with van der Waals surface area (Å²) in [6.45, 7) is 0.634. The monoisotopic (exact) mass is 533 g/mol. The van der Waals surface area contributed by atoms with Crippen molar-refractivity contribution in [2.24, 2.45) is 18.9 Å². The maximum Gasteiger partial charge on any atom is 0.269 e. The van der Waals surface area contributed by atoms with E-state index in [1.54, 1.807) is 13.2 Å². The largest absolute Gasteiger partial charge is 0.351 e. The lowest BCUT2D eigenvalue weighted by Crippen LogP contribution is -2.42. The molecule has 198 valence electrons. The van der Waals surface area contributed by atoms with Crippen LogP contribution in [0.2, 0.25) is 0 Å². The second-order valence-corrected chi connectivity index (χ2v) is 12.3. The minimum atomic E-state index is -3.66. The Labute approximate surface area is 212 Å². The van der Waals surface area contributed by atoms with E-state index in [0.717, 1.165) is 25.7 Å². The fourth-order valence-electron chi connectivity index (χ4n) is 6.29. The summed E-state index contributed by atoms with van der Waals surface area (Å²) < 4.78 is 57.5. The summed E-state index contributed by atoms with van der Waals surface area (Å²) in [7, 11) is -1.99. The smallest absolute Gasteiger partial charge is 0.269 e. The van der Waals surface area contributed by atoms with Gasteiger partial charge in [-0.25, -0.2) is 22.2 Å². The van der Waals surface area contributed by atoms with Crippen LogP contribution in [0.25, 0.3) is 11.0 Å². The molecule has 6 rings (SSSR count). The summed E-state index contributed by atoms with van der Waals surface area (Å²) >= 11 is 0. The van der Waals surface area contributed by atoms with Gasteiger partial charge in [0.1, 0.15) is 5.65 Å². The Morgan fingerprint density at radius 2 is 1.92 bits per heavy atom. The van der Waals surface area contributed by atoms with Crippen LogP contribution in [-0.2, 0) is 17.1 Å². The number of nitrogens with zero attached hydrogens (tertiary/aromatic N) is 6. The number of hydrogen-bond acceptors (Lipinski definition) is 7. The summed E-state index contributed by atoms with van der Waals surface area (Å²) in [5.41, 5.74) is -0.807. The van der Waals surface area contributed by atoms with Gasteiger partial charge in [-0.15, -0.1) is 0 Å². The van der Waals surface area contributed by atoms with Crippen LogP contribution in [0, 0.1) is 11.8 Å². The number of pyridine rings is 1. The van der Waals surface area contributed by atoms with Crippen LogP contribution in [-0.4, -0.2) is 56.2 Å². The van der Waals surface area contributed by atoms with E-state index in [9.17, 15) is 22.0 Å². The lowest BCUT2D eigenvalue weighted by Gasteiger charge is -2.31. The van der Waals surface area contributed by atoms with Crippen molar-refractivity contribution in [3.05, 3.63) is 40.4 Å². The van der Waals surface area contributed by atoms with Crippen molar-refractivity contribution in [3.8, 4) is 0 Å². The van der Waals surface area contributed by atoms with Crippen molar-refractivity contribution in [1.29, 1.82) is 0 Å². The summed E-state index contributed by atoms with van der Waals surface area (Å²) in [5, 5.41) is 7.74. The SMILES string of the molecule is Cn1ccc(S(=O)(=O)N2CCC(Nc3ncc4cc(C(F)F)c(=O)n([C@@H]5C[C@H]6CC[C@@H]5C6)c4n3)CC2)n1. The molecule has 0 aromatic carbocycles. The number of aryl methyl sites for hydroxylation is 1. The molecule has 1 saturated heterocycles. The average molecular weight is 534 g/mol. The van der Waals surface area contributed by atoms with Gasteiger partial charge in [-0.1, -0.05) is 6.42 Å². The van der Waals surface area contributed by atoms with Crippen molar-refractivity contribution in [1.82, 2.24) is 28.6 Å². The van der Waals surface area contributed by atoms with E-state index in [0.29, 0.717) is 54.7 Å². The molecule has 0 amide bonds. The Bertz CT molecular complexity index is 1500. The fraction of sp³-hybridized carbons (Fsp3) is 0.583. The van der Waals surface area contributed by atoms with E-state index < -0.39 is 27.6 Å². The van der Waals surface area contributed by atoms with E-state index in [1.165, 1.54) is 31.9 Å². The summed E-state index contributed by atoms with van der Waals surface area (Å²) in [6, 6.07) is 2.49. The standard InChI is InChI=1S/C24H29F2N7O3S/c1-31-7-6-20(30-31)37(35,36)32-8-4-17(5-9-32)28-24-27-13-16-12-18(21(25)26)23(34)33(22(16)29-24)19-11-14-2-3-15(19)10-14/h6-7,12-15,17,19,21H,2-5,8-11H2,1H3,(H,27,28,29)/t14-,15+,19+/m0/s1. The van der Waals surface area contributed by atoms with E-state index in [-0.39, 0.29) is 17.1 Å². The van der Waals surface area contributed by atoms with Crippen molar-refractivity contribution < 1.29 is 17.2 Å². The first-order valence-electron chi connectivity index (χ1n) is 12.7. The van der Waals surface area contributed by atoms with Gasteiger partial charge in [-0.3, -0.25) is 14.0 Å². The molecule has 2 bridgehead atoms. The first kappa shape index (κ1) is 24.4. The average Bonchev–Trinajstić information content (AvgIpc) is 3.62. The van der Waals surface area contributed by atoms with E-state index in [4.69, 9.17) is 0 Å². The van der Waals surface area contributed by atoms with Gasteiger partial charge in [0, 0.05) is 50.0 Å². The zero-order valence-electron chi connectivity index (χ0n) is 20.4. The Balaban J connectivity index is 1.24. The minimum Gasteiger partial charge on any atom is -0.351 e. The number of piperidine rings is 1. The highest BCUT2D eigenvalue weighted by Gasteiger charge is 2.42. The number of halogens is 2. The van der Waals surface area contributed by atoms with Crippen LogP contribution in [0.5, 0.6) is 0 Å². The molecule has 37 heavy (non-hydrogen) atoms. The molecule has 3 atom stereocenters. The number of aromatic nitrogens is 5. The van der Waals surface area contributed by atoms with Gasteiger partial charge in [0.25, 0.3) is 22.0 Å². The molecular formula is C24H29F2N7O3S. The first-order valence-corrected chi connectivity index (χ1v) is 14.1. The van der Waals surface area contributed by atoms with Gasteiger partial charge in [0.15, 0.2) is 5.03 Å². The van der Waals surface area contributed by atoms with E-state index in [2.05, 4.69) is 20.4 Å². The van der Waals surface area contributed by atoms with Gasteiger partial charge < -0.3 is 5.32 Å². The third-order valence-electron chi connectivity index (χ3n) is 8.15. The number of alkyl halides is 2. The molecule has 2 saturated carbocycles. The third-order valence-corrected chi connectivity index (χ3v) is 9.94. The predicted octanol–water partition coefficient (Wildman–Crippen LogP) is 3.09. The van der Waals surface area contributed by atoms with Crippen LogP contribution in [0.3, 0.4) is 0 Å². The second kappa shape index (κ2) is 9.12. The number of rotatable bonds is 6. The summed E-state index contributed by atoms with van der Waals surface area (Å²) in [4.78, 5) is 22.1. The van der Waals surface area contributed by atoms with Crippen LogP contribution < -0.4 is 10.9 Å². The van der Waals surface area contributed by atoms with E-state index >= 15 is 0 Å². The van der Waals surface area contributed by atoms with Crippen molar-refractivity contribution in [2.75, 3.05) is 18.4 Å². The maximum atomic E-state index is 13.7. The summed E-state index contributed by atoms with van der Waals surface area (Å²) in [5.74, 6) is 1.13. The number of hydrogen-bond donors (Lipinski definition) is 1. The zero-order chi connectivity index (χ0) is 25.9. The lowest BCUT2D eigenvalue weighted by atomic mass is 9.94. The molecule has 13 heteroatoms. The Kier molecular flexibility index (Phi) is 6.02. The highest BCUT2D eigenvalue weighted by molar-refractivity contribution is 7.89. The van der Waals surface area contributed by atoms with Crippen LogP contribution in [0.15, 0.2) is 34.3 Å². The van der Waals surface area contributed by atoms with Crippen molar-refractivity contribution >= 4 is 27.0 Å². The van der Waals surface area contributed by atoms with Crippen molar-refractivity contribution in [2.45, 2.75) is 62.1 Å². The number of sulfonamides is 1. The molecule has 3 aromatic rings. The first-order chi connectivity index (χ1) is 17.7. The fourth-order valence-corrected chi connectivity index (χ4v) is 7.71. The Morgan fingerprint density at radius 1 is 1.14 bits per heavy atom. The minimum absolute atomic E-state index is 0.0287. The van der Waals surface area contributed by atoms with Gasteiger partial charge in [-0.05, 0) is 56.1 Å². The molecule has 1 aliphatic heterocycles. The molecule has 0 unspecified atom stereocenters. The van der Waals surface area contributed by atoms with Crippen LogP contribution >= 0.6 is 0 Å². The number of fused-ring (bicyclic) bond motifs is 3. The molecule has 2 aliphatic carbocycles. The second-order valence-electron chi connectivity index (χ2n) is 10.4. The zero-order valence-corrected chi connectivity index (χ0v) is 21.2. The maximum absolute atomic E-state index is 13.7. The van der Waals surface area contributed by atoms with Gasteiger partial charge in [-0.2, -0.15) is 14.4 Å². The highest BCUT2D eigenvalue weighted by atomic mass is 32.2. The van der Waals surface area contributed by atoms with Gasteiger partial charge in [0.05, 0.1) is 5.56 Å². The lowest BCUT2D eigenvalue weighted by molar-refractivity contribution is 0.148. The van der Waals surface area contributed by atoms with E-state index in [1.807, 2.05) is 0 Å². The Morgan fingerprint density at radius 3 is 2.54 bits per heavy atom. The molecule has 4 heterocycles. The highest BCUT2D eigenvalue weighted by Crippen LogP contribution is 2.50. The van der Waals surface area contributed by atoms with Gasteiger partial charge in [0.2, 0.25) is 5.95 Å². The quantitative estimate of drug-likeness (QED) is 0.518. The van der Waals surface area contributed by atoms with Crippen molar-refractivity contribution in [3.63, 3.8) is 0 Å². The predicted molar refractivity (Wildman–Crippen MR) is 132 cm³/mol. The molecule has 10 nitrogen and oxygen atoms in total. The van der Waals surface area contributed by atoms with Crippen LogP contribution in [0.4, 0.5) is 14.7 Å². The van der Waals surface area contributed by atoms with Crippen LogP contribution in [0.1, 0.15) is 56.6 Å². The topological polar surface area (TPSA) is 115 Å². The molecule has 3 aromatic heterocycles. The summed E-state index contributed by atoms with van der Waals surface area (Å²) in [6.07, 6.45) is 5.24. The molecular weight excluding hydrogens is 504 g/mol. The number of anilines is 1. The molecule has 1 N–H and O–H groups in total.